The molecule has 2 atom stereocenters. The average Bonchev–Trinajstić information content (AvgIpc) is 3.33. The lowest BCUT2D eigenvalue weighted by atomic mass is 9.97. The van der Waals surface area contributed by atoms with Crippen LogP contribution < -0.4 is 4.74 Å². The van der Waals surface area contributed by atoms with E-state index in [4.69, 9.17) is 23.8 Å². The normalized spacial score (nSPS) is 18.4. The van der Waals surface area contributed by atoms with Crippen molar-refractivity contribution in [2.45, 2.75) is 44.6 Å². The Kier molecular flexibility index (Phi) is 6.00. The molecule has 2 aromatic carbocycles. The lowest BCUT2D eigenvalue weighted by Crippen LogP contribution is -2.23. The third-order valence-corrected chi connectivity index (χ3v) is 7.47. The predicted octanol–water partition coefficient (Wildman–Crippen LogP) is 4.78. The number of esters is 1. The topological polar surface area (TPSA) is 146 Å². The maximum Gasteiger partial charge on any atom is 0.470 e. The van der Waals surface area contributed by atoms with Crippen molar-refractivity contribution in [2.24, 2.45) is 0 Å². The second kappa shape index (κ2) is 9.10. The summed E-state index contributed by atoms with van der Waals surface area (Å²) in [5, 5.41) is 0. The van der Waals surface area contributed by atoms with E-state index in [0.29, 0.717) is 11.3 Å². The summed E-state index contributed by atoms with van der Waals surface area (Å²) < 4.78 is 69.9. The highest BCUT2D eigenvalue weighted by atomic mass is 31.2. The number of hydrogen-bond donors (Lipinski definition) is 2. The quantitative estimate of drug-likeness (QED) is 0.243. The number of ether oxygens (including phenoxy) is 2. The van der Waals surface area contributed by atoms with Crippen molar-refractivity contribution in [1.82, 2.24) is 19.5 Å². The van der Waals surface area contributed by atoms with E-state index in [1.165, 1.54) is 56.6 Å². The number of hydrogen-bond acceptors (Lipinski definition) is 8. The molecule has 0 saturated heterocycles. The second-order valence-corrected chi connectivity index (χ2v) is 11.0. The Balaban J connectivity index is 1.46. The highest BCUT2D eigenvalue weighted by Gasteiger charge is 2.44. The zero-order chi connectivity index (χ0) is 28.6. The number of carbonyl (C=O) groups is 1. The van der Waals surface area contributed by atoms with E-state index in [-0.39, 0.29) is 45.8 Å². The lowest BCUT2D eigenvalue weighted by Gasteiger charge is -2.23. The molecule has 0 spiro atoms. The van der Waals surface area contributed by atoms with Crippen LogP contribution in [0.4, 0.5) is 13.2 Å². The zero-order valence-corrected chi connectivity index (χ0v) is 21.7. The fraction of sp³-hybridized carbons (Fsp3) is 0.280. The first kappa shape index (κ1) is 26.4. The number of phosphoric acid groups is 1. The van der Waals surface area contributed by atoms with Crippen LogP contribution in [0.25, 0.3) is 22.2 Å². The van der Waals surface area contributed by atoms with E-state index in [1.807, 2.05) is 0 Å². The van der Waals surface area contributed by atoms with Gasteiger partial charge >= 0.3 is 20.4 Å². The first-order valence-corrected chi connectivity index (χ1v) is 13.4. The highest BCUT2D eigenvalue weighted by molar-refractivity contribution is 7.46. The number of fused-ring (bicyclic) bond motifs is 9. The first-order valence-electron chi connectivity index (χ1n) is 11.9. The molecule has 208 valence electrons. The van der Waals surface area contributed by atoms with Crippen LogP contribution in [0.1, 0.15) is 60.0 Å². The van der Waals surface area contributed by atoms with Gasteiger partial charge in [0, 0.05) is 41.6 Å². The number of benzene rings is 2. The van der Waals surface area contributed by atoms with Crippen LogP contribution in [0, 0.1) is 5.82 Å². The van der Waals surface area contributed by atoms with Gasteiger partial charge in [-0.05, 0) is 32.0 Å². The molecule has 2 aliphatic rings. The number of phosphoric ester groups is 1. The maximum atomic E-state index is 15.3. The summed E-state index contributed by atoms with van der Waals surface area (Å²) in [4.78, 5) is 43.9. The zero-order valence-electron chi connectivity index (χ0n) is 20.8. The molecule has 0 amide bonds. The van der Waals surface area contributed by atoms with Gasteiger partial charge in [0.05, 0.1) is 22.6 Å². The minimum atomic E-state index is -4.84. The Morgan fingerprint density at radius 2 is 1.90 bits per heavy atom. The number of imidazole rings is 1. The fourth-order valence-corrected chi connectivity index (χ4v) is 5.92. The van der Waals surface area contributed by atoms with E-state index in [0.717, 1.165) is 0 Å². The van der Waals surface area contributed by atoms with Gasteiger partial charge in [0.2, 0.25) is 0 Å². The van der Waals surface area contributed by atoms with Crippen molar-refractivity contribution in [3.63, 3.8) is 0 Å². The van der Waals surface area contributed by atoms with Crippen LogP contribution in [-0.2, 0) is 19.4 Å². The van der Waals surface area contributed by atoms with Gasteiger partial charge in [0.25, 0.3) is 0 Å². The van der Waals surface area contributed by atoms with Crippen LogP contribution in [0.3, 0.4) is 0 Å². The van der Waals surface area contributed by atoms with Gasteiger partial charge in [0.1, 0.15) is 17.2 Å². The molecule has 0 fully saturated rings. The van der Waals surface area contributed by atoms with Gasteiger partial charge in [-0.2, -0.15) is 8.78 Å². The molecule has 15 heteroatoms. The minimum absolute atomic E-state index is 0.0404. The fourth-order valence-electron chi connectivity index (χ4n) is 5.25. The number of halogens is 3. The van der Waals surface area contributed by atoms with Gasteiger partial charge < -0.3 is 23.8 Å². The Morgan fingerprint density at radius 1 is 1.18 bits per heavy atom. The van der Waals surface area contributed by atoms with Crippen molar-refractivity contribution in [3.05, 3.63) is 71.3 Å². The van der Waals surface area contributed by atoms with Crippen LogP contribution >= 0.6 is 7.82 Å². The summed E-state index contributed by atoms with van der Waals surface area (Å²) in [6, 6.07) is 6.28. The van der Waals surface area contributed by atoms with Gasteiger partial charge in [-0.1, -0.05) is 6.07 Å². The van der Waals surface area contributed by atoms with Gasteiger partial charge in [-0.25, -0.2) is 28.7 Å². The van der Waals surface area contributed by atoms with E-state index in [1.54, 1.807) is 4.57 Å². The largest absolute Gasteiger partial charge is 0.470 e. The molecule has 6 rings (SSSR count). The smallest absolute Gasteiger partial charge is 0.450 e. The highest BCUT2D eigenvalue weighted by Crippen LogP contribution is 2.50. The molecule has 2 N–H and O–H groups in total. The third kappa shape index (κ3) is 4.42. The lowest BCUT2D eigenvalue weighted by molar-refractivity contribution is -0.0507. The summed E-state index contributed by atoms with van der Waals surface area (Å²) in [5.74, 6) is -1.23. The molecule has 40 heavy (non-hydrogen) atoms. The summed E-state index contributed by atoms with van der Waals surface area (Å²) in [6.07, 6.45) is 2.00. The van der Waals surface area contributed by atoms with Crippen molar-refractivity contribution in [2.75, 3.05) is 0 Å². The third-order valence-electron chi connectivity index (χ3n) is 6.78. The summed E-state index contributed by atoms with van der Waals surface area (Å²) >= 11 is 0. The average molecular weight is 576 g/mol. The van der Waals surface area contributed by atoms with Crippen LogP contribution in [-0.4, -0.2) is 41.9 Å². The number of nitrogens with zero attached hydrogens (tertiary/aromatic N) is 4. The number of alkyl halides is 2. The van der Waals surface area contributed by atoms with E-state index < -0.39 is 44.0 Å². The van der Waals surface area contributed by atoms with Crippen molar-refractivity contribution < 1.29 is 46.3 Å². The number of aromatic nitrogens is 4. The van der Waals surface area contributed by atoms with Gasteiger partial charge in [0.15, 0.2) is 17.8 Å². The number of rotatable bonds is 6. The maximum absolute atomic E-state index is 15.3. The second-order valence-electron chi connectivity index (χ2n) is 9.79. The number of carbonyl (C=O) groups excluding carboxylic acids is 1. The van der Waals surface area contributed by atoms with E-state index in [9.17, 15) is 18.1 Å². The molecule has 4 heterocycles. The van der Waals surface area contributed by atoms with Crippen LogP contribution in [0.2, 0.25) is 0 Å². The predicted molar refractivity (Wildman–Crippen MR) is 131 cm³/mol. The summed E-state index contributed by atoms with van der Waals surface area (Å²) in [7, 11) is -4.84. The molecule has 4 aromatic rings. The molecule has 11 nitrogen and oxygen atoms in total. The van der Waals surface area contributed by atoms with Crippen molar-refractivity contribution in [1.29, 1.82) is 0 Å². The monoisotopic (exact) mass is 576 g/mol. The summed E-state index contributed by atoms with van der Waals surface area (Å²) in [5.41, 5.74) is -0.189. The Morgan fingerprint density at radius 3 is 2.58 bits per heavy atom. The first-order chi connectivity index (χ1) is 18.8. The molecule has 0 aliphatic carbocycles. The Bertz CT molecular complexity index is 1720. The molecule has 0 radical (unpaired) electrons. The molecule has 2 aromatic heterocycles. The van der Waals surface area contributed by atoms with Gasteiger partial charge in [-0.15, -0.1) is 0 Å². The SMILES string of the molecule is CC(C)(OP(=O)(O)O)c1ncc(-c2cc3c(cc2F)nc2n3C3C[C@H]2OC(=O)c2cccc(OC(F)F)c23)cn1. The summed E-state index contributed by atoms with van der Waals surface area (Å²) in [6.45, 7) is -0.371. The van der Waals surface area contributed by atoms with Crippen LogP contribution in [0.15, 0.2) is 42.7 Å². The standard InChI is InChI=1S/C25H20F3N4O7P/c1-25(2,39-40(34,35)36)23-29-9-11(10-30-23)13-6-16-15(7-14(13)26)31-21-19-8-17(32(16)21)20-12(22(33)37-19)4-3-5-18(20)38-24(27)28/h3-7,9-10,17,19,24H,8H2,1-2H3,(H2,34,35,36)/t17?,19-/m1/s1. The van der Waals surface area contributed by atoms with Crippen LogP contribution in [0.5, 0.6) is 5.75 Å². The van der Waals surface area contributed by atoms with E-state index in [2.05, 4.69) is 15.0 Å². The molecule has 2 bridgehead atoms. The molecule has 1 unspecified atom stereocenters. The van der Waals surface area contributed by atoms with Gasteiger partial charge in [-0.3, -0.25) is 4.52 Å². The van der Waals surface area contributed by atoms with Crippen molar-refractivity contribution >= 4 is 24.8 Å². The molecular formula is C25H20F3N4O7P. The molecule has 2 aliphatic heterocycles. The Hall–Kier alpha value is -3.84. The van der Waals surface area contributed by atoms with E-state index >= 15 is 4.39 Å². The van der Waals surface area contributed by atoms with Crippen molar-refractivity contribution in [3.8, 4) is 16.9 Å². The minimum Gasteiger partial charge on any atom is -0.450 e. The Labute approximate surface area is 223 Å². The molecule has 0 saturated carbocycles. The molecular weight excluding hydrogens is 556 g/mol.